The Hall–Kier alpha value is -3.08. The first kappa shape index (κ1) is 15.4. The molecular weight excluding hydrogens is 318 g/mol. The predicted octanol–water partition coefficient (Wildman–Crippen LogP) is 3.73. The number of hydrogen-bond donors (Lipinski definition) is 2. The van der Waals surface area contributed by atoms with Crippen molar-refractivity contribution in [2.24, 2.45) is 0 Å². The molecular formula is C20H17NO4. The first-order chi connectivity index (χ1) is 12.0. The van der Waals surface area contributed by atoms with Gasteiger partial charge >= 0.3 is 5.97 Å². The van der Waals surface area contributed by atoms with Gasteiger partial charge in [0.05, 0.1) is 0 Å². The molecule has 2 aromatic carbocycles. The predicted molar refractivity (Wildman–Crippen MR) is 93.0 cm³/mol. The summed E-state index contributed by atoms with van der Waals surface area (Å²) in [5, 5.41) is 12.8. The van der Waals surface area contributed by atoms with E-state index in [0.29, 0.717) is 28.0 Å². The van der Waals surface area contributed by atoms with E-state index in [1.165, 1.54) is 5.56 Å². The molecule has 2 N–H and O–H groups in total. The van der Waals surface area contributed by atoms with Crippen LogP contribution in [-0.2, 0) is 0 Å². The Kier molecular flexibility index (Phi) is 3.57. The van der Waals surface area contributed by atoms with E-state index >= 15 is 0 Å². The van der Waals surface area contributed by atoms with E-state index in [0.717, 1.165) is 6.42 Å². The summed E-state index contributed by atoms with van der Waals surface area (Å²) >= 11 is 0. The van der Waals surface area contributed by atoms with Crippen molar-refractivity contribution in [3.05, 3.63) is 71.0 Å². The fourth-order valence-corrected chi connectivity index (χ4v) is 3.24. The second kappa shape index (κ2) is 5.77. The van der Waals surface area contributed by atoms with Crippen LogP contribution in [0.25, 0.3) is 11.0 Å². The van der Waals surface area contributed by atoms with Crippen LogP contribution in [0.4, 0.5) is 0 Å². The molecule has 126 valence electrons. The number of nitrogens with one attached hydrogen (secondary N) is 1. The maximum Gasteiger partial charge on any atom is 0.372 e. The molecule has 1 heterocycles. The Morgan fingerprint density at radius 3 is 2.64 bits per heavy atom. The van der Waals surface area contributed by atoms with Gasteiger partial charge in [-0.15, -0.1) is 0 Å². The van der Waals surface area contributed by atoms with Gasteiger partial charge in [0.2, 0.25) is 5.76 Å². The molecule has 25 heavy (non-hydrogen) atoms. The molecule has 2 atom stereocenters. The Bertz CT molecular complexity index is 974. The SMILES string of the molecule is Cc1c(C(=O)O)oc2ccc(C(=O)NC3CC3c3ccccc3)cc12. The fourth-order valence-electron chi connectivity index (χ4n) is 3.24. The first-order valence-electron chi connectivity index (χ1n) is 8.17. The zero-order chi connectivity index (χ0) is 17.6. The summed E-state index contributed by atoms with van der Waals surface area (Å²) in [5.41, 5.74) is 2.75. The average molecular weight is 335 g/mol. The number of fused-ring (bicyclic) bond motifs is 1. The molecule has 0 saturated heterocycles. The average Bonchev–Trinajstić information content (AvgIpc) is 3.30. The van der Waals surface area contributed by atoms with Crippen LogP contribution in [0.5, 0.6) is 0 Å². The normalized spacial score (nSPS) is 18.9. The van der Waals surface area contributed by atoms with Gasteiger partial charge in [0, 0.05) is 28.5 Å². The van der Waals surface area contributed by atoms with E-state index in [9.17, 15) is 9.59 Å². The third-order valence-electron chi connectivity index (χ3n) is 4.73. The monoisotopic (exact) mass is 335 g/mol. The molecule has 1 aromatic heterocycles. The molecule has 5 heteroatoms. The highest BCUT2D eigenvalue weighted by molar-refractivity contribution is 6.01. The third kappa shape index (κ3) is 2.78. The molecule has 1 amide bonds. The molecule has 0 bridgehead atoms. The van der Waals surface area contributed by atoms with Crippen LogP contribution in [0.1, 0.15) is 44.4 Å². The van der Waals surface area contributed by atoms with Crippen LogP contribution in [0.15, 0.2) is 52.9 Å². The van der Waals surface area contributed by atoms with Crippen LogP contribution in [0.2, 0.25) is 0 Å². The van der Waals surface area contributed by atoms with Crippen LogP contribution in [-0.4, -0.2) is 23.0 Å². The Balaban J connectivity index is 1.53. The highest BCUT2D eigenvalue weighted by Crippen LogP contribution is 2.40. The van der Waals surface area contributed by atoms with E-state index in [1.54, 1.807) is 25.1 Å². The minimum Gasteiger partial charge on any atom is -0.475 e. The van der Waals surface area contributed by atoms with E-state index < -0.39 is 5.97 Å². The molecule has 1 aliphatic carbocycles. The van der Waals surface area contributed by atoms with Crippen molar-refractivity contribution in [2.45, 2.75) is 25.3 Å². The lowest BCUT2D eigenvalue weighted by molar-refractivity contribution is 0.0663. The number of carboxylic acids is 1. The highest BCUT2D eigenvalue weighted by Gasteiger charge is 2.39. The fraction of sp³-hybridized carbons (Fsp3) is 0.200. The zero-order valence-corrected chi connectivity index (χ0v) is 13.7. The number of carbonyl (C=O) groups is 2. The molecule has 0 radical (unpaired) electrons. The van der Waals surface area contributed by atoms with E-state index in [-0.39, 0.29) is 17.7 Å². The van der Waals surface area contributed by atoms with Crippen molar-refractivity contribution in [1.82, 2.24) is 5.32 Å². The van der Waals surface area contributed by atoms with Crippen LogP contribution in [0.3, 0.4) is 0 Å². The quantitative estimate of drug-likeness (QED) is 0.761. The topological polar surface area (TPSA) is 79.5 Å². The second-order valence-corrected chi connectivity index (χ2v) is 6.41. The van der Waals surface area contributed by atoms with Gasteiger partial charge in [0.15, 0.2) is 0 Å². The van der Waals surface area contributed by atoms with E-state index in [1.807, 2.05) is 18.2 Å². The Labute approximate surface area is 144 Å². The third-order valence-corrected chi connectivity index (χ3v) is 4.73. The van der Waals surface area contributed by atoms with Crippen LogP contribution < -0.4 is 5.32 Å². The maximum atomic E-state index is 12.5. The van der Waals surface area contributed by atoms with Gasteiger partial charge in [0.25, 0.3) is 5.91 Å². The smallest absolute Gasteiger partial charge is 0.372 e. The molecule has 1 saturated carbocycles. The number of aromatic carboxylic acids is 1. The summed E-state index contributed by atoms with van der Waals surface area (Å²) in [7, 11) is 0. The van der Waals surface area contributed by atoms with E-state index in [2.05, 4.69) is 17.4 Å². The van der Waals surface area contributed by atoms with Gasteiger partial charge < -0.3 is 14.8 Å². The molecule has 3 aromatic rings. The van der Waals surface area contributed by atoms with Gasteiger partial charge in [0.1, 0.15) is 5.58 Å². The van der Waals surface area contributed by atoms with Gasteiger partial charge in [-0.3, -0.25) is 4.79 Å². The van der Waals surface area contributed by atoms with Crippen LogP contribution >= 0.6 is 0 Å². The van der Waals surface area contributed by atoms with Gasteiger partial charge in [-0.05, 0) is 37.1 Å². The largest absolute Gasteiger partial charge is 0.475 e. The maximum absolute atomic E-state index is 12.5. The number of furan rings is 1. The Morgan fingerprint density at radius 1 is 1.16 bits per heavy atom. The van der Waals surface area contributed by atoms with Gasteiger partial charge in [-0.1, -0.05) is 30.3 Å². The lowest BCUT2D eigenvalue weighted by atomic mass is 10.1. The summed E-state index contributed by atoms with van der Waals surface area (Å²) in [4.78, 5) is 23.7. The molecule has 5 nitrogen and oxygen atoms in total. The number of benzene rings is 2. The van der Waals surface area contributed by atoms with Crippen molar-refractivity contribution in [3.63, 3.8) is 0 Å². The summed E-state index contributed by atoms with van der Waals surface area (Å²) in [5.74, 6) is -0.978. The number of carbonyl (C=O) groups excluding carboxylic acids is 1. The van der Waals surface area contributed by atoms with E-state index in [4.69, 9.17) is 9.52 Å². The summed E-state index contributed by atoms with van der Waals surface area (Å²) in [6.45, 7) is 1.68. The van der Waals surface area contributed by atoms with Crippen molar-refractivity contribution in [1.29, 1.82) is 0 Å². The molecule has 1 aliphatic rings. The minimum atomic E-state index is -1.11. The molecule has 0 spiro atoms. The second-order valence-electron chi connectivity index (χ2n) is 6.41. The molecule has 0 aliphatic heterocycles. The van der Waals surface area contributed by atoms with Gasteiger partial charge in [-0.25, -0.2) is 4.79 Å². The number of carboxylic acid groups (broad SMARTS) is 1. The lowest BCUT2D eigenvalue weighted by Crippen LogP contribution is -2.26. The van der Waals surface area contributed by atoms with Crippen molar-refractivity contribution < 1.29 is 19.1 Å². The summed E-state index contributed by atoms with van der Waals surface area (Å²) in [6, 6.07) is 15.3. The van der Waals surface area contributed by atoms with Crippen molar-refractivity contribution >= 4 is 22.8 Å². The Morgan fingerprint density at radius 2 is 1.92 bits per heavy atom. The summed E-state index contributed by atoms with van der Waals surface area (Å²) < 4.78 is 5.33. The number of aryl methyl sites for hydroxylation is 1. The lowest BCUT2D eigenvalue weighted by Gasteiger charge is -2.05. The van der Waals surface area contributed by atoms with Gasteiger partial charge in [-0.2, -0.15) is 0 Å². The minimum absolute atomic E-state index is 0.0844. The summed E-state index contributed by atoms with van der Waals surface area (Å²) in [6.07, 6.45) is 0.936. The van der Waals surface area contributed by atoms with Crippen LogP contribution in [0, 0.1) is 6.92 Å². The molecule has 2 unspecified atom stereocenters. The van der Waals surface area contributed by atoms with Crippen molar-refractivity contribution in [3.8, 4) is 0 Å². The standard InChI is InChI=1S/C20H17NO4/c1-11-14-9-13(7-8-17(14)25-18(11)20(23)24)19(22)21-16-10-15(16)12-5-3-2-4-6-12/h2-9,15-16H,10H2,1H3,(H,21,22)(H,23,24). The zero-order valence-electron chi connectivity index (χ0n) is 13.7. The number of rotatable bonds is 4. The molecule has 1 fully saturated rings. The highest BCUT2D eigenvalue weighted by atomic mass is 16.4. The molecule has 4 rings (SSSR count). The van der Waals surface area contributed by atoms with Crippen molar-refractivity contribution in [2.75, 3.05) is 0 Å². The first-order valence-corrected chi connectivity index (χ1v) is 8.17. The number of amides is 1. The number of hydrogen-bond acceptors (Lipinski definition) is 3.